The first-order valence-corrected chi connectivity index (χ1v) is 9.48. The van der Waals surface area contributed by atoms with Crippen molar-refractivity contribution in [1.29, 1.82) is 0 Å². The quantitative estimate of drug-likeness (QED) is 0.401. The number of amides is 2. The molecule has 29 heavy (non-hydrogen) atoms. The van der Waals surface area contributed by atoms with E-state index in [0.29, 0.717) is 27.0 Å². The predicted octanol–water partition coefficient (Wildman–Crippen LogP) is 5.66. The topological polar surface area (TPSA) is 74.5 Å². The van der Waals surface area contributed by atoms with Gasteiger partial charge in [0.2, 0.25) is 0 Å². The maximum atomic E-state index is 12.8. The Bertz CT molecular complexity index is 1210. The Hall–Kier alpha value is -3.09. The largest absolute Gasteiger partial charge is 0.282 e. The maximum Gasteiger partial charge on any atom is 0.282 e. The van der Waals surface area contributed by atoms with Crippen LogP contribution in [0, 0.1) is 0 Å². The number of benzene rings is 3. The number of carbonyl (C=O) groups excluding carboxylic acids is 2. The first kappa shape index (κ1) is 19.2. The number of imide groups is 1. The van der Waals surface area contributed by atoms with E-state index in [0.717, 1.165) is 15.8 Å². The van der Waals surface area contributed by atoms with E-state index in [9.17, 15) is 9.59 Å². The summed E-state index contributed by atoms with van der Waals surface area (Å²) in [5, 5.41) is 15.7. The summed E-state index contributed by atoms with van der Waals surface area (Å²) in [7, 11) is 0. The van der Waals surface area contributed by atoms with Crippen LogP contribution in [-0.2, 0) is 4.79 Å². The molecule has 1 heterocycles. The molecule has 0 saturated carbocycles. The monoisotopic (exact) mass is 424 g/mol. The lowest BCUT2D eigenvalue weighted by atomic mass is 10.1. The molecule has 0 aromatic heterocycles. The van der Waals surface area contributed by atoms with Crippen LogP contribution in [0.15, 0.2) is 76.0 Å². The number of rotatable bonds is 3. The Balaban J connectivity index is 1.57. The third kappa shape index (κ3) is 3.77. The Labute approximate surface area is 176 Å². The third-order valence-corrected chi connectivity index (χ3v) is 5.01. The van der Waals surface area contributed by atoms with Gasteiger partial charge in [0.1, 0.15) is 5.69 Å². The molecule has 4 rings (SSSR count). The van der Waals surface area contributed by atoms with Crippen LogP contribution >= 0.6 is 23.2 Å². The number of hydrogen-bond donors (Lipinski definition) is 0. The second-order valence-electron chi connectivity index (χ2n) is 6.47. The van der Waals surface area contributed by atoms with Gasteiger partial charge >= 0.3 is 0 Å². The SMILES string of the molecule is CC1=NN(C(=O)c2ccc3ccccc3c2)C(=O)C1N=Nc1ccc(Cl)cc1Cl. The van der Waals surface area contributed by atoms with E-state index in [1.165, 1.54) is 6.07 Å². The van der Waals surface area contributed by atoms with Gasteiger partial charge in [0, 0.05) is 10.6 Å². The van der Waals surface area contributed by atoms with Crippen molar-refractivity contribution >= 4 is 57.2 Å². The van der Waals surface area contributed by atoms with Gasteiger partial charge in [-0.2, -0.15) is 20.3 Å². The fraction of sp³-hybridized carbons (Fsp3) is 0.0952. The van der Waals surface area contributed by atoms with E-state index in [4.69, 9.17) is 23.2 Å². The van der Waals surface area contributed by atoms with Crippen molar-refractivity contribution in [3.63, 3.8) is 0 Å². The summed E-state index contributed by atoms with van der Waals surface area (Å²) >= 11 is 11.9. The highest BCUT2D eigenvalue weighted by atomic mass is 35.5. The molecule has 1 unspecified atom stereocenters. The number of azo groups is 1. The standard InChI is InChI=1S/C21H14Cl2N4O2/c1-12-19(25-24-18-9-8-16(22)11-17(18)23)21(29)27(26-12)20(28)15-7-6-13-4-2-3-5-14(13)10-15/h2-11,19H,1H3. The highest BCUT2D eigenvalue weighted by Crippen LogP contribution is 2.29. The average molecular weight is 425 g/mol. The van der Waals surface area contributed by atoms with Crippen LogP contribution < -0.4 is 0 Å². The fourth-order valence-corrected chi connectivity index (χ4v) is 3.41. The Morgan fingerprint density at radius 2 is 1.79 bits per heavy atom. The van der Waals surface area contributed by atoms with Crippen molar-refractivity contribution in [3.05, 3.63) is 76.3 Å². The zero-order chi connectivity index (χ0) is 20.5. The molecule has 144 valence electrons. The van der Waals surface area contributed by atoms with Gasteiger partial charge in [-0.3, -0.25) is 9.59 Å². The molecule has 0 N–H and O–H groups in total. The minimum atomic E-state index is -0.980. The maximum absolute atomic E-state index is 12.8. The highest BCUT2D eigenvalue weighted by Gasteiger charge is 2.38. The molecular formula is C21H14Cl2N4O2. The molecule has 1 aliphatic heterocycles. The van der Waals surface area contributed by atoms with Crippen molar-refractivity contribution in [2.24, 2.45) is 15.3 Å². The normalized spacial score (nSPS) is 16.7. The summed E-state index contributed by atoms with van der Waals surface area (Å²) in [5.74, 6) is -1.07. The zero-order valence-corrected chi connectivity index (χ0v) is 16.7. The van der Waals surface area contributed by atoms with Gasteiger partial charge in [-0.15, -0.1) is 0 Å². The van der Waals surface area contributed by atoms with Gasteiger partial charge in [-0.1, -0.05) is 53.5 Å². The predicted molar refractivity (Wildman–Crippen MR) is 113 cm³/mol. The molecule has 0 aliphatic carbocycles. The van der Waals surface area contributed by atoms with Gasteiger partial charge in [0.15, 0.2) is 6.04 Å². The summed E-state index contributed by atoms with van der Waals surface area (Å²) in [5.41, 5.74) is 1.11. The fourth-order valence-electron chi connectivity index (χ4n) is 2.96. The minimum absolute atomic E-state index is 0.311. The molecule has 6 nitrogen and oxygen atoms in total. The van der Waals surface area contributed by atoms with E-state index in [2.05, 4.69) is 15.3 Å². The lowest BCUT2D eigenvalue weighted by Crippen LogP contribution is -2.34. The van der Waals surface area contributed by atoms with Crippen molar-refractivity contribution in [2.45, 2.75) is 13.0 Å². The van der Waals surface area contributed by atoms with Crippen LogP contribution in [0.1, 0.15) is 17.3 Å². The number of halogens is 2. The summed E-state index contributed by atoms with van der Waals surface area (Å²) in [4.78, 5) is 25.6. The molecule has 8 heteroatoms. The Morgan fingerprint density at radius 3 is 2.55 bits per heavy atom. The first-order valence-electron chi connectivity index (χ1n) is 8.72. The van der Waals surface area contributed by atoms with Gasteiger partial charge < -0.3 is 0 Å². The lowest BCUT2D eigenvalue weighted by molar-refractivity contribution is -0.127. The summed E-state index contributed by atoms with van der Waals surface area (Å²) < 4.78 is 0. The molecular weight excluding hydrogens is 411 g/mol. The van der Waals surface area contributed by atoms with Crippen molar-refractivity contribution in [2.75, 3.05) is 0 Å². The number of nitrogens with zero attached hydrogens (tertiary/aromatic N) is 4. The van der Waals surface area contributed by atoms with Gasteiger partial charge in [0.25, 0.3) is 11.8 Å². The average Bonchev–Trinajstić information content (AvgIpc) is 3.00. The summed E-state index contributed by atoms with van der Waals surface area (Å²) in [6.07, 6.45) is 0. The molecule has 0 saturated heterocycles. The highest BCUT2D eigenvalue weighted by molar-refractivity contribution is 6.36. The number of fused-ring (bicyclic) bond motifs is 1. The summed E-state index contributed by atoms with van der Waals surface area (Å²) in [6, 6.07) is 16.7. The van der Waals surface area contributed by atoms with E-state index in [1.54, 1.807) is 31.2 Å². The molecule has 3 aromatic carbocycles. The van der Waals surface area contributed by atoms with E-state index in [-0.39, 0.29) is 0 Å². The van der Waals surface area contributed by atoms with Gasteiger partial charge in [-0.05, 0) is 48.0 Å². The van der Waals surface area contributed by atoms with E-state index in [1.807, 2.05) is 30.3 Å². The molecule has 2 amide bonds. The molecule has 0 bridgehead atoms. The van der Waals surface area contributed by atoms with E-state index < -0.39 is 17.9 Å². The van der Waals surface area contributed by atoms with Crippen LogP contribution in [0.4, 0.5) is 5.69 Å². The van der Waals surface area contributed by atoms with Crippen LogP contribution in [-0.4, -0.2) is 28.6 Å². The van der Waals surface area contributed by atoms with Crippen LogP contribution in [0.3, 0.4) is 0 Å². The first-order chi connectivity index (χ1) is 13.9. The third-order valence-electron chi connectivity index (χ3n) is 4.48. The molecule has 0 fully saturated rings. The molecule has 0 spiro atoms. The number of hydrogen-bond acceptors (Lipinski definition) is 5. The molecule has 3 aromatic rings. The molecule has 1 aliphatic rings. The second kappa shape index (κ2) is 7.73. The Morgan fingerprint density at radius 1 is 1.03 bits per heavy atom. The molecule has 1 atom stereocenters. The van der Waals surface area contributed by atoms with Crippen molar-refractivity contribution < 1.29 is 9.59 Å². The number of carbonyl (C=O) groups is 2. The second-order valence-corrected chi connectivity index (χ2v) is 7.32. The van der Waals surface area contributed by atoms with Crippen LogP contribution in [0.5, 0.6) is 0 Å². The van der Waals surface area contributed by atoms with Crippen molar-refractivity contribution in [1.82, 2.24) is 5.01 Å². The van der Waals surface area contributed by atoms with E-state index >= 15 is 0 Å². The zero-order valence-electron chi connectivity index (χ0n) is 15.2. The Kier molecular flexibility index (Phi) is 5.13. The summed E-state index contributed by atoms with van der Waals surface area (Å²) in [6.45, 7) is 1.62. The molecule has 0 radical (unpaired) electrons. The van der Waals surface area contributed by atoms with Crippen LogP contribution in [0.25, 0.3) is 10.8 Å². The van der Waals surface area contributed by atoms with Gasteiger partial charge in [0.05, 0.1) is 10.7 Å². The minimum Gasteiger partial charge on any atom is -0.269 e. The van der Waals surface area contributed by atoms with Gasteiger partial charge in [-0.25, -0.2) is 0 Å². The van der Waals surface area contributed by atoms with Crippen molar-refractivity contribution in [3.8, 4) is 0 Å². The smallest absolute Gasteiger partial charge is 0.269 e. The van der Waals surface area contributed by atoms with Crippen LogP contribution in [0.2, 0.25) is 10.0 Å². The number of hydrazone groups is 1. The lowest BCUT2D eigenvalue weighted by Gasteiger charge is -2.11.